The smallest absolute Gasteiger partial charge is 0.338 e. The average molecular weight is 339 g/mol. The summed E-state index contributed by atoms with van der Waals surface area (Å²) in [6, 6.07) is 12.9. The van der Waals surface area contributed by atoms with Gasteiger partial charge in [-0.1, -0.05) is 18.2 Å². The average Bonchev–Trinajstić information content (AvgIpc) is 3.05. The van der Waals surface area contributed by atoms with E-state index in [1.807, 2.05) is 38.1 Å². The first-order valence-electron chi connectivity index (χ1n) is 8.39. The molecule has 0 saturated heterocycles. The molecule has 0 spiro atoms. The molecule has 2 aromatic carbocycles. The van der Waals surface area contributed by atoms with Crippen molar-refractivity contribution in [2.24, 2.45) is 0 Å². The van der Waals surface area contributed by atoms with Gasteiger partial charge in [0.15, 0.2) is 6.61 Å². The summed E-state index contributed by atoms with van der Waals surface area (Å²) in [5.74, 6) is 0.0248. The molecule has 0 radical (unpaired) electrons. The Hall–Kier alpha value is -2.82. The zero-order valence-electron chi connectivity index (χ0n) is 14.5. The van der Waals surface area contributed by atoms with Gasteiger partial charge in [-0.05, 0) is 55.7 Å². The summed E-state index contributed by atoms with van der Waals surface area (Å²) < 4.78 is 10.7. The number of carbonyl (C=O) groups is 2. The van der Waals surface area contributed by atoms with Crippen molar-refractivity contribution in [2.75, 3.05) is 24.7 Å². The van der Waals surface area contributed by atoms with Crippen LogP contribution in [0.2, 0.25) is 0 Å². The second-order valence-electron chi connectivity index (χ2n) is 5.91. The highest BCUT2D eigenvalue weighted by molar-refractivity contribution is 5.98. The van der Waals surface area contributed by atoms with Gasteiger partial charge in [-0.25, -0.2) is 4.79 Å². The van der Waals surface area contributed by atoms with Gasteiger partial charge < -0.3 is 14.4 Å². The molecule has 5 nitrogen and oxygen atoms in total. The number of amides is 1. The van der Waals surface area contributed by atoms with Crippen molar-refractivity contribution in [1.29, 1.82) is 0 Å². The number of carbonyl (C=O) groups excluding carboxylic acids is 2. The van der Waals surface area contributed by atoms with E-state index in [-0.39, 0.29) is 12.5 Å². The lowest BCUT2D eigenvalue weighted by Crippen LogP contribution is -2.33. The molecule has 1 amide bonds. The van der Waals surface area contributed by atoms with E-state index in [1.165, 1.54) is 0 Å². The number of anilines is 1. The molecule has 0 aromatic heterocycles. The summed E-state index contributed by atoms with van der Waals surface area (Å²) in [5.41, 5.74) is 3.32. The number of fused-ring (bicyclic) bond motifs is 1. The third kappa shape index (κ3) is 3.65. The van der Waals surface area contributed by atoms with Gasteiger partial charge >= 0.3 is 5.97 Å². The Morgan fingerprint density at radius 2 is 1.96 bits per heavy atom. The van der Waals surface area contributed by atoms with Gasteiger partial charge in [0, 0.05) is 12.2 Å². The van der Waals surface area contributed by atoms with Crippen LogP contribution < -0.4 is 9.64 Å². The van der Waals surface area contributed by atoms with E-state index in [0.717, 1.165) is 29.0 Å². The van der Waals surface area contributed by atoms with E-state index in [1.54, 1.807) is 23.1 Å². The number of hydrogen-bond donors (Lipinski definition) is 0. The fourth-order valence-corrected chi connectivity index (χ4v) is 2.98. The lowest BCUT2D eigenvalue weighted by atomic mass is 10.1. The molecule has 3 rings (SSSR count). The van der Waals surface area contributed by atoms with Crippen LogP contribution in [0.3, 0.4) is 0 Å². The molecule has 130 valence electrons. The molecule has 0 N–H and O–H groups in total. The lowest BCUT2D eigenvalue weighted by molar-refractivity contribution is -0.121. The Kier molecular flexibility index (Phi) is 5.03. The lowest BCUT2D eigenvalue weighted by Gasteiger charge is -2.17. The second-order valence-corrected chi connectivity index (χ2v) is 5.91. The first kappa shape index (κ1) is 17.0. The van der Waals surface area contributed by atoms with Crippen molar-refractivity contribution in [3.8, 4) is 5.75 Å². The third-order valence-electron chi connectivity index (χ3n) is 4.23. The van der Waals surface area contributed by atoms with Crippen LogP contribution in [0.25, 0.3) is 0 Å². The predicted molar refractivity (Wildman–Crippen MR) is 95.1 cm³/mol. The fourth-order valence-electron chi connectivity index (χ4n) is 2.98. The largest absolute Gasteiger partial charge is 0.494 e. The summed E-state index contributed by atoms with van der Waals surface area (Å²) >= 11 is 0. The van der Waals surface area contributed by atoms with Crippen LogP contribution >= 0.6 is 0 Å². The highest BCUT2D eigenvalue weighted by Gasteiger charge is 2.25. The van der Waals surface area contributed by atoms with Gasteiger partial charge in [0.2, 0.25) is 0 Å². The summed E-state index contributed by atoms with van der Waals surface area (Å²) in [6.07, 6.45) is 0.827. The van der Waals surface area contributed by atoms with Gasteiger partial charge in [0.1, 0.15) is 5.75 Å². The SMILES string of the molecule is CCOc1ccc(C(=O)OCC(=O)N2CCc3ccccc32)cc1C. The topological polar surface area (TPSA) is 55.8 Å². The second kappa shape index (κ2) is 7.38. The molecule has 5 heteroatoms. The van der Waals surface area contributed by atoms with Gasteiger partial charge in [-0.15, -0.1) is 0 Å². The molecule has 1 aliphatic heterocycles. The van der Waals surface area contributed by atoms with Crippen molar-refractivity contribution >= 4 is 17.6 Å². The highest BCUT2D eigenvalue weighted by atomic mass is 16.5. The van der Waals surface area contributed by atoms with Crippen LogP contribution in [0.1, 0.15) is 28.4 Å². The van der Waals surface area contributed by atoms with Crippen LogP contribution in [-0.4, -0.2) is 31.6 Å². The zero-order chi connectivity index (χ0) is 17.8. The zero-order valence-corrected chi connectivity index (χ0v) is 14.5. The number of ether oxygens (including phenoxy) is 2. The molecule has 0 saturated carbocycles. The Labute approximate surface area is 147 Å². The molecule has 1 heterocycles. The maximum Gasteiger partial charge on any atom is 0.338 e. The Balaban J connectivity index is 1.61. The maximum atomic E-state index is 12.4. The van der Waals surface area contributed by atoms with Crippen LogP contribution in [0, 0.1) is 6.92 Å². The number of nitrogens with zero attached hydrogens (tertiary/aromatic N) is 1. The van der Waals surface area contributed by atoms with Crippen molar-refractivity contribution in [2.45, 2.75) is 20.3 Å². The monoisotopic (exact) mass is 339 g/mol. The minimum Gasteiger partial charge on any atom is -0.494 e. The fraction of sp³-hybridized carbons (Fsp3) is 0.300. The van der Waals surface area contributed by atoms with E-state index < -0.39 is 5.97 Å². The number of aryl methyl sites for hydroxylation is 1. The molecule has 0 atom stereocenters. The molecule has 1 aliphatic rings. The third-order valence-corrected chi connectivity index (χ3v) is 4.23. The van der Waals surface area contributed by atoms with Gasteiger partial charge in [0.05, 0.1) is 12.2 Å². The van der Waals surface area contributed by atoms with Crippen molar-refractivity contribution in [3.63, 3.8) is 0 Å². The quantitative estimate of drug-likeness (QED) is 0.785. The first-order valence-corrected chi connectivity index (χ1v) is 8.39. The Morgan fingerprint density at radius 1 is 1.16 bits per heavy atom. The van der Waals surface area contributed by atoms with E-state index in [0.29, 0.717) is 18.7 Å². The minimum atomic E-state index is -0.507. The number of rotatable bonds is 5. The Morgan fingerprint density at radius 3 is 2.72 bits per heavy atom. The van der Waals surface area contributed by atoms with Crippen LogP contribution in [0.5, 0.6) is 5.75 Å². The molecule has 2 aromatic rings. The van der Waals surface area contributed by atoms with Gasteiger partial charge in [-0.3, -0.25) is 4.79 Å². The number of para-hydroxylation sites is 1. The standard InChI is InChI=1S/C20H21NO4/c1-3-24-18-9-8-16(12-14(18)2)20(23)25-13-19(22)21-11-10-15-6-4-5-7-17(15)21/h4-9,12H,3,10-11,13H2,1-2H3. The number of hydrogen-bond acceptors (Lipinski definition) is 4. The predicted octanol–water partition coefficient (Wildman–Crippen LogP) is 3.14. The number of benzene rings is 2. The van der Waals surface area contributed by atoms with Gasteiger partial charge in [-0.2, -0.15) is 0 Å². The van der Waals surface area contributed by atoms with E-state index >= 15 is 0 Å². The van der Waals surface area contributed by atoms with E-state index in [4.69, 9.17) is 9.47 Å². The van der Waals surface area contributed by atoms with Crippen molar-refractivity contribution in [3.05, 3.63) is 59.2 Å². The summed E-state index contributed by atoms with van der Waals surface area (Å²) in [4.78, 5) is 26.2. The summed E-state index contributed by atoms with van der Waals surface area (Å²) in [6.45, 7) is 4.70. The van der Waals surface area contributed by atoms with Crippen LogP contribution in [0.15, 0.2) is 42.5 Å². The first-order chi connectivity index (χ1) is 12.1. The van der Waals surface area contributed by atoms with Crippen LogP contribution in [-0.2, 0) is 16.0 Å². The molecular formula is C20H21NO4. The van der Waals surface area contributed by atoms with Crippen molar-refractivity contribution in [1.82, 2.24) is 0 Å². The van der Waals surface area contributed by atoms with Gasteiger partial charge in [0.25, 0.3) is 5.91 Å². The highest BCUT2D eigenvalue weighted by Crippen LogP contribution is 2.27. The molecular weight excluding hydrogens is 318 g/mol. The normalized spacial score (nSPS) is 12.6. The van der Waals surface area contributed by atoms with Crippen molar-refractivity contribution < 1.29 is 19.1 Å². The van der Waals surface area contributed by atoms with Crippen LogP contribution in [0.4, 0.5) is 5.69 Å². The molecule has 0 aliphatic carbocycles. The molecule has 0 unspecified atom stereocenters. The maximum absolute atomic E-state index is 12.4. The van der Waals surface area contributed by atoms with E-state index in [9.17, 15) is 9.59 Å². The number of esters is 1. The van der Waals surface area contributed by atoms with E-state index in [2.05, 4.69) is 0 Å². The summed E-state index contributed by atoms with van der Waals surface area (Å²) in [5, 5.41) is 0. The summed E-state index contributed by atoms with van der Waals surface area (Å²) in [7, 11) is 0. The molecule has 25 heavy (non-hydrogen) atoms. The molecule has 0 bridgehead atoms. The molecule has 0 fully saturated rings. The minimum absolute atomic E-state index is 0.207. The Bertz CT molecular complexity index is 800.